The Kier molecular flexibility index (Phi) is 4.87. The minimum atomic E-state index is -4.11. The van der Waals surface area contributed by atoms with Crippen LogP contribution in [0.2, 0.25) is 0 Å². The number of carbonyl (C=O) groups is 2. The van der Waals surface area contributed by atoms with Gasteiger partial charge in [0.25, 0.3) is 0 Å². The summed E-state index contributed by atoms with van der Waals surface area (Å²) >= 11 is 0. The molecule has 1 amide bonds. The molecule has 1 heterocycles. The van der Waals surface area contributed by atoms with Crippen LogP contribution in [0.4, 0.5) is 4.79 Å². The van der Waals surface area contributed by atoms with Gasteiger partial charge in [0.05, 0.1) is 19.8 Å². The Morgan fingerprint density at radius 1 is 1.56 bits per heavy atom. The van der Waals surface area contributed by atoms with Crippen molar-refractivity contribution in [3.05, 3.63) is 0 Å². The molecule has 1 saturated heterocycles. The number of carbonyl (C=O) groups excluding carboxylic acids is 1. The molecule has 1 unspecified atom stereocenters. The summed E-state index contributed by atoms with van der Waals surface area (Å²) in [6, 6.07) is 0. The number of carboxylic acids is 1. The van der Waals surface area contributed by atoms with Gasteiger partial charge < -0.3 is 14.6 Å². The molecule has 9 nitrogen and oxygen atoms in total. The van der Waals surface area contributed by atoms with Gasteiger partial charge in [-0.05, 0) is 6.92 Å². The van der Waals surface area contributed by atoms with Crippen molar-refractivity contribution in [2.75, 3.05) is 26.3 Å². The molecule has 0 saturated carbocycles. The second-order valence-electron chi connectivity index (χ2n) is 3.38. The van der Waals surface area contributed by atoms with E-state index in [1.165, 1.54) is 6.92 Å². The first-order valence-corrected chi connectivity index (χ1v) is 6.60. The van der Waals surface area contributed by atoms with Gasteiger partial charge >= 0.3 is 22.3 Å². The first-order valence-electron chi connectivity index (χ1n) is 5.16. The van der Waals surface area contributed by atoms with Crippen molar-refractivity contribution in [3.63, 3.8) is 0 Å². The normalized spacial score (nSPS) is 21.3. The summed E-state index contributed by atoms with van der Waals surface area (Å²) in [6.07, 6.45) is -2.34. The quantitative estimate of drug-likeness (QED) is 0.661. The molecule has 18 heavy (non-hydrogen) atoms. The van der Waals surface area contributed by atoms with E-state index in [-0.39, 0.29) is 26.3 Å². The second kappa shape index (κ2) is 5.98. The highest BCUT2D eigenvalue weighted by Gasteiger charge is 2.34. The maximum absolute atomic E-state index is 11.7. The van der Waals surface area contributed by atoms with E-state index in [9.17, 15) is 18.0 Å². The number of ether oxygens (including phenoxy) is 2. The lowest BCUT2D eigenvalue weighted by Gasteiger charge is -2.29. The van der Waals surface area contributed by atoms with Crippen molar-refractivity contribution in [1.82, 2.24) is 9.03 Å². The third-order valence-corrected chi connectivity index (χ3v) is 3.57. The van der Waals surface area contributed by atoms with Crippen LogP contribution in [-0.4, -0.2) is 62.3 Å². The lowest BCUT2D eigenvalue weighted by Crippen LogP contribution is -2.53. The summed E-state index contributed by atoms with van der Waals surface area (Å²) in [5.41, 5.74) is 0. The SMILES string of the molecule is CCOC(=O)NS(=O)(=O)N1CCOC(C(=O)O)C1. The fourth-order valence-corrected chi connectivity index (χ4v) is 2.37. The highest BCUT2D eigenvalue weighted by atomic mass is 32.2. The predicted octanol–water partition coefficient (Wildman–Crippen LogP) is -1.24. The Balaban J connectivity index is 2.67. The van der Waals surface area contributed by atoms with Gasteiger partial charge in [-0.25, -0.2) is 14.3 Å². The molecule has 1 fully saturated rings. The fourth-order valence-electron chi connectivity index (χ4n) is 1.32. The van der Waals surface area contributed by atoms with E-state index in [4.69, 9.17) is 9.84 Å². The van der Waals surface area contributed by atoms with Crippen molar-refractivity contribution in [2.24, 2.45) is 0 Å². The van der Waals surface area contributed by atoms with Crippen LogP contribution >= 0.6 is 0 Å². The summed E-state index contributed by atoms with van der Waals surface area (Å²) in [5.74, 6) is -1.26. The molecular weight excluding hydrogens is 268 g/mol. The summed E-state index contributed by atoms with van der Waals surface area (Å²) in [4.78, 5) is 21.7. The summed E-state index contributed by atoms with van der Waals surface area (Å²) < 4.78 is 35.2. The summed E-state index contributed by atoms with van der Waals surface area (Å²) in [7, 11) is -4.11. The molecule has 0 spiro atoms. The number of hydrogen-bond donors (Lipinski definition) is 2. The Bertz CT molecular complexity index is 421. The van der Waals surface area contributed by atoms with Crippen molar-refractivity contribution in [3.8, 4) is 0 Å². The van der Waals surface area contributed by atoms with Crippen molar-refractivity contribution in [1.29, 1.82) is 0 Å². The van der Waals surface area contributed by atoms with Crippen molar-refractivity contribution >= 4 is 22.3 Å². The molecule has 1 aliphatic rings. The van der Waals surface area contributed by atoms with Gasteiger partial charge in [0.1, 0.15) is 0 Å². The molecule has 2 N–H and O–H groups in total. The number of morpholine rings is 1. The number of carboxylic acid groups (broad SMARTS) is 1. The second-order valence-corrected chi connectivity index (χ2v) is 5.05. The van der Waals surface area contributed by atoms with Gasteiger partial charge in [-0.1, -0.05) is 0 Å². The Morgan fingerprint density at radius 2 is 2.22 bits per heavy atom. The van der Waals surface area contributed by atoms with Gasteiger partial charge in [0, 0.05) is 6.54 Å². The van der Waals surface area contributed by atoms with Crippen molar-refractivity contribution < 1.29 is 32.6 Å². The van der Waals surface area contributed by atoms with Gasteiger partial charge in [0.15, 0.2) is 6.10 Å². The Hall–Kier alpha value is -1.39. The van der Waals surface area contributed by atoms with E-state index >= 15 is 0 Å². The van der Waals surface area contributed by atoms with Crippen molar-refractivity contribution in [2.45, 2.75) is 13.0 Å². The number of hydrogen-bond acceptors (Lipinski definition) is 6. The first-order chi connectivity index (χ1) is 8.36. The molecule has 0 aliphatic carbocycles. The predicted molar refractivity (Wildman–Crippen MR) is 58.0 cm³/mol. The summed E-state index contributed by atoms with van der Waals surface area (Å²) in [6.45, 7) is 1.12. The molecular formula is C8H14N2O7S. The zero-order valence-corrected chi connectivity index (χ0v) is 10.5. The lowest BCUT2D eigenvalue weighted by molar-refractivity contribution is -0.153. The molecule has 1 rings (SSSR count). The Labute approximate surface area is 104 Å². The van der Waals surface area contributed by atoms with E-state index in [2.05, 4.69) is 4.74 Å². The van der Waals surface area contributed by atoms with Gasteiger partial charge in [-0.3, -0.25) is 0 Å². The van der Waals surface area contributed by atoms with Gasteiger partial charge in [-0.15, -0.1) is 0 Å². The highest BCUT2D eigenvalue weighted by molar-refractivity contribution is 7.87. The zero-order chi connectivity index (χ0) is 13.8. The third-order valence-electron chi connectivity index (χ3n) is 2.13. The number of rotatable bonds is 4. The molecule has 0 aromatic rings. The molecule has 10 heteroatoms. The number of nitrogens with one attached hydrogen (secondary N) is 1. The molecule has 1 aliphatic heterocycles. The highest BCUT2D eigenvalue weighted by Crippen LogP contribution is 2.09. The number of nitrogens with zero attached hydrogens (tertiary/aromatic N) is 1. The first kappa shape index (κ1) is 14.7. The molecule has 1 atom stereocenters. The van der Waals surface area contributed by atoms with Crippen LogP contribution in [0, 0.1) is 0 Å². The van der Waals surface area contributed by atoms with Gasteiger partial charge in [-0.2, -0.15) is 12.7 Å². The zero-order valence-electron chi connectivity index (χ0n) is 9.66. The maximum Gasteiger partial charge on any atom is 0.421 e. The van der Waals surface area contributed by atoms with Gasteiger partial charge in [0.2, 0.25) is 0 Å². The van der Waals surface area contributed by atoms with E-state index in [0.29, 0.717) is 0 Å². The van der Waals surface area contributed by atoms with E-state index in [1.54, 1.807) is 4.72 Å². The topological polar surface area (TPSA) is 122 Å². The average Bonchev–Trinajstić information content (AvgIpc) is 2.28. The number of aliphatic carboxylic acids is 1. The minimum Gasteiger partial charge on any atom is -0.479 e. The summed E-state index contributed by atoms with van der Waals surface area (Å²) in [5, 5.41) is 8.73. The van der Waals surface area contributed by atoms with E-state index in [1.807, 2.05) is 0 Å². The van der Waals surface area contributed by atoms with Crippen LogP contribution in [0.1, 0.15) is 6.92 Å². The van der Waals surface area contributed by atoms with Crippen LogP contribution in [0.15, 0.2) is 0 Å². The molecule has 104 valence electrons. The molecule has 0 aromatic heterocycles. The average molecular weight is 282 g/mol. The van der Waals surface area contributed by atoms with Crippen LogP contribution in [0.25, 0.3) is 0 Å². The molecule has 0 bridgehead atoms. The van der Waals surface area contributed by atoms with E-state index < -0.39 is 28.4 Å². The molecule has 0 radical (unpaired) electrons. The fraction of sp³-hybridized carbons (Fsp3) is 0.750. The maximum atomic E-state index is 11.7. The Morgan fingerprint density at radius 3 is 2.78 bits per heavy atom. The minimum absolute atomic E-state index is 0.0292. The standard InChI is InChI=1S/C8H14N2O7S/c1-2-16-8(13)9-18(14,15)10-3-4-17-6(5-10)7(11)12/h6H,2-5H2,1H3,(H,9,13)(H,11,12). The van der Waals surface area contributed by atoms with Crippen LogP contribution in [0.3, 0.4) is 0 Å². The van der Waals surface area contributed by atoms with Crippen LogP contribution in [-0.2, 0) is 24.5 Å². The van der Waals surface area contributed by atoms with Crippen LogP contribution < -0.4 is 4.72 Å². The largest absolute Gasteiger partial charge is 0.479 e. The number of amides is 1. The van der Waals surface area contributed by atoms with E-state index in [0.717, 1.165) is 4.31 Å². The monoisotopic (exact) mass is 282 g/mol. The third kappa shape index (κ3) is 3.82. The smallest absolute Gasteiger partial charge is 0.421 e. The molecule has 0 aromatic carbocycles. The lowest BCUT2D eigenvalue weighted by atomic mass is 10.3. The van der Waals surface area contributed by atoms with Crippen LogP contribution in [0.5, 0.6) is 0 Å².